The van der Waals surface area contributed by atoms with Gasteiger partial charge in [-0.1, -0.05) is 30.3 Å². The Labute approximate surface area is 121 Å². The summed E-state index contributed by atoms with van der Waals surface area (Å²) >= 11 is 0. The van der Waals surface area contributed by atoms with Gasteiger partial charge in [0.25, 0.3) is 0 Å². The summed E-state index contributed by atoms with van der Waals surface area (Å²) in [6.45, 7) is 5.85. The third-order valence-corrected chi connectivity index (χ3v) is 4.37. The lowest BCUT2D eigenvalue weighted by molar-refractivity contribution is -0.138. The van der Waals surface area contributed by atoms with Crippen molar-refractivity contribution in [3.05, 3.63) is 35.9 Å². The number of likely N-dealkylation sites (tertiary alicyclic amines) is 1. The normalized spacial score (nSPS) is 19.9. The highest BCUT2D eigenvalue weighted by atomic mass is 16.3. The van der Waals surface area contributed by atoms with Gasteiger partial charge in [-0.2, -0.15) is 0 Å². The minimum Gasteiger partial charge on any atom is -0.396 e. The Kier molecular flexibility index (Phi) is 4.81. The summed E-state index contributed by atoms with van der Waals surface area (Å²) in [6.07, 6.45) is 2.97. The van der Waals surface area contributed by atoms with E-state index in [-0.39, 0.29) is 12.5 Å². The third-order valence-electron chi connectivity index (χ3n) is 4.37. The van der Waals surface area contributed by atoms with Crippen molar-refractivity contribution >= 4 is 5.91 Å². The van der Waals surface area contributed by atoms with E-state index in [1.807, 2.05) is 49.1 Å². The highest BCUT2D eigenvalue weighted by molar-refractivity contribution is 5.87. The Balaban J connectivity index is 2.10. The molecule has 1 fully saturated rings. The van der Waals surface area contributed by atoms with Crippen LogP contribution in [0.3, 0.4) is 0 Å². The molecule has 1 aliphatic heterocycles. The molecule has 1 atom stereocenters. The molecule has 1 aromatic rings. The lowest BCUT2D eigenvalue weighted by Crippen LogP contribution is -2.48. The SMILES string of the molecule is CC(C)(C(=O)N1CCCC(CCO)C1)c1ccccc1. The Morgan fingerprint density at radius 1 is 1.35 bits per heavy atom. The van der Waals surface area contributed by atoms with Gasteiger partial charge in [-0.25, -0.2) is 0 Å². The van der Waals surface area contributed by atoms with Gasteiger partial charge in [-0.05, 0) is 44.6 Å². The zero-order chi connectivity index (χ0) is 14.6. The molecule has 0 saturated carbocycles. The number of carbonyl (C=O) groups is 1. The summed E-state index contributed by atoms with van der Waals surface area (Å²) in [5, 5.41) is 9.08. The van der Waals surface area contributed by atoms with Crippen LogP contribution >= 0.6 is 0 Å². The maximum absolute atomic E-state index is 12.8. The first-order valence-corrected chi connectivity index (χ1v) is 7.51. The minimum absolute atomic E-state index is 0.200. The zero-order valence-corrected chi connectivity index (χ0v) is 12.5. The summed E-state index contributed by atoms with van der Waals surface area (Å²) in [7, 11) is 0. The second kappa shape index (κ2) is 6.40. The molecular weight excluding hydrogens is 250 g/mol. The Morgan fingerprint density at radius 2 is 2.05 bits per heavy atom. The van der Waals surface area contributed by atoms with Crippen LogP contribution in [0, 0.1) is 5.92 Å². The van der Waals surface area contributed by atoms with Crippen molar-refractivity contribution in [2.75, 3.05) is 19.7 Å². The Hall–Kier alpha value is -1.35. The van der Waals surface area contributed by atoms with Crippen LogP contribution in [0.15, 0.2) is 30.3 Å². The maximum atomic E-state index is 12.8. The number of carbonyl (C=O) groups excluding carboxylic acids is 1. The molecule has 1 unspecified atom stereocenters. The van der Waals surface area contributed by atoms with Gasteiger partial charge in [0.1, 0.15) is 0 Å². The van der Waals surface area contributed by atoms with Crippen molar-refractivity contribution in [2.24, 2.45) is 5.92 Å². The summed E-state index contributed by atoms with van der Waals surface area (Å²) in [6, 6.07) is 9.98. The summed E-state index contributed by atoms with van der Waals surface area (Å²) in [5.74, 6) is 0.649. The van der Waals surface area contributed by atoms with Crippen LogP contribution in [0.5, 0.6) is 0 Å². The molecule has 0 bridgehead atoms. The van der Waals surface area contributed by atoms with Crippen LogP contribution in [0.2, 0.25) is 0 Å². The molecule has 0 aromatic heterocycles. The second-order valence-electron chi connectivity index (χ2n) is 6.26. The molecule has 1 aliphatic rings. The summed E-state index contributed by atoms with van der Waals surface area (Å²) in [4.78, 5) is 14.8. The minimum atomic E-state index is -0.484. The number of nitrogens with zero attached hydrogens (tertiary/aromatic N) is 1. The molecule has 1 amide bonds. The standard InChI is InChI=1S/C17H25NO2/c1-17(2,15-8-4-3-5-9-15)16(20)18-11-6-7-14(13-18)10-12-19/h3-5,8-9,14,19H,6-7,10-13H2,1-2H3. The number of piperidine rings is 1. The van der Waals surface area contributed by atoms with Gasteiger partial charge in [0.15, 0.2) is 0 Å². The van der Waals surface area contributed by atoms with Crippen molar-refractivity contribution in [2.45, 2.75) is 38.5 Å². The van der Waals surface area contributed by atoms with E-state index in [0.29, 0.717) is 5.92 Å². The first-order chi connectivity index (χ1) is 9.55. The molecule has 0 radical (unpaired) electrons. The van der Waals surface area contributed by atoms with E-state index in [4.69, 9.17) is 5.11 Å². The van der Waals surface area contributed by atoms with Crippen LogP contribution < -0.4 is 0 Å². The van der Waals surface area contributed by atoms with Crippen LogP contribution in [0.4, 0.5) is 0 Å². The first kappa shape index (κ1) is 15.0. The first-order valence-electron chi connectivity index (χ1n) is 7.51. The number of benzene rings is 1. The van der Waals surface area contributed by atoms with E-state index in [1.54, 1.807) is 0 Å². The van der Waals surface area contributed by atoms with Crippen LogP contribution in [-0.2, 0) is 10.2 Å². The topological polar surface area (TPSA) is 40.5 Å². The monoisotopic (exact) mass is 275 g/mol. The second-order valence-corrected chi connectivity index (χ2v) is 6.26. The van der Waals surface area contributed by atoms with Crippen LogP contribution in [-0.4, -0.2) is 35.6 Å². The molecule has 0 spiro atoms. The highest BCUT2D eigenvalue weighted by Crippen LogP contribution is 2.28. The molecule has 1 saturated heterocycles. The predicted octanol–water partition coefficient (Wildman–Crippen LogP) is 2.59. The molecule has 1 aromatic carbocycles. The predicted molar refractivity (Wildman–Crippen MR) is 80.5 cm³/mol. The number of amides is 1. The summed E-state index contributed by atoms with van der Waals surface area (Å²) < 4.78 is 0. The smallest absolute Gasteiger partial charge is 0.232 e. The summed E-state index contributed by atoms with van der Waals surface area (Å²) in [5.41, 5.74) is 0.580. The Bertz CT molecular complexity index is 440. The van der Waals surface area contributed by atoms with Crippen LogP contribution in [0.25, 0.3) is 0 Å². The highest BCUT2D eigenvalue weighted by Gasteiger charge is 2.35. The molecule has 2 rings (SSSR count). The van der Waals surface area contributed by atoms with Crippen molar-refractivity contribution in [1.82, 2.24) is 4.90 Å². The maximum Gasteiger partial charge on any atom is 0.232 e. The van der Waals surface area contributed by atoms with Crippen molar-refractivity contribution < 1.29 is 9.90 Å². The molecule has 3 nitrogen and oxygen atoms in total. The molecule has 1 N–H and O–H groups in total. The van der Waals surface area contributed by atoms with Gasteiger partial charge in [0.2, 0.25) is 5.91 Å². The molecule has 110 valence electrons. The largest absolute Gasteiger partial charge is 0.396 e. The van der Waals surface area contributed by atoms with Gasteiger partial charge in [-0.3, -0.25) is 4.79 Å². The van der Waals surface area contributed by atoms with Crippen molar-refractivity contribution in [3.63, 3.8) is 0 Å². The van der Waals surface area contributed by atoms with E-state index in [2.05, 4.69) is 0 Å². The zero-order valence-electron chi connectivity index (χ0n) is 12.5. The fraction of sp³-hybridized carbons (Fsp3) is 0.588. The van der Waals surface area contributed by atoms with Crippen LogP contribution in [0.1, 0.15) is 38.7 Å². The Morgan fingerprint density at radius 3 is 2.70 bits per heavy atom. The average Bonchev–Trinajstić information content (AvgIpc) is 2.48. The molecule has 1 heterocycles. The fourth-order valence-corrected chi connectivity index (χ4v) is 3.04. The number of rotatable bonds is 4. The number of aliphatic hydroxyl groups is 1. The van der Waals surface area contributed by atoms with Gasteiger partial charge >= 0.3 is 0 Å². The van der Waals surface area contributed by atoms with E-state index >= 15 is 0 Å². The van der Waals surface area contributed by atoms with Gasteiger partial charge in [0, 0.05) is 19.7 Å². The van der Waals surface area contributed by atoms with Crippen molar-refractivity contribution in [1.29, 1.82) is 0 Å². The average molecular weight is 275 g/mol. The molecular formula is C17H25NO2. The number of hydrogen-bond donors (Lipinski definition) is 1. The molecule has 20 heavy (non-hydrogen) atoms. The fourth-order valence-electron chi connectivity index (χ4n) is 3.04. The van der Waals surface area contributed by atoms with E-state index in [1.165, 1.54) is 0 Å². The molecule has 0 aliphatic carbocycles. The van der Waals surface area contributed by atoms with Gasteiger partial charge in [0.05, 0.1) is 5.41 Å². The lowest BCUT2D eigenvalue weighted by atomic mass is 9.82. The lowest BCUT2D eigenvalue weighted by Gasteiger charge is -2.37. The quantitative estimate of drug-likeness (QED) is 0.917. The van der Waals surface area contributed by atoms with E-state index in [9.17, 15) is 4.79 Å². The van der Waals surface area contributed by atoms with Gasteiger partial charge in [-0.15, -0.1) is 0 Å². The van der Waals surface area contributed by atoms with E-state index < -0.39 is 5.41 Å². The third kappa shape index (κ3) is 3.21. The molecule has 3 heteroatoms. The van der Waals surface area contributed by atoms with E-state index in [0.717, 1.165) is 37.9 Å². The number of aliphatic hydroxyl groups excluding tert-OH is 1. The van der Waals surface area contributed by atoms with Crippen molar-refractivity contribution in [3.8, 4) is 0 Å². The number of hydrogen-bond acceptors (Lipinski definition) is 2. The van der Waals surface area contributed by atoms with Gasteiger partial charge < -0.3 is 10.0 Å².